The predicted octanol–water partition coefficient (Wildman–Crippen LogP) is 2.51. The standard InChI is InChI=1S/C19H18FN5O2/c1-11-3-4-12(18(26)22-2)9-16(11)24-19(27)15-10-23-25(17(15)21)14-7-5-13(20)6-8-14/h3-10H,21H2,1-2H3,(H,22,26)(H,24,27). The molecule has 2 amide bonds. The van der Waals surface area contributed by atoms with Gasteiger partial charge in [0.15, 0.2) is 0 Å². The zero-order valence-electron chi connectivity index (χ0n) is 14.8. The van der Waals surface area contributed by atoms with Crippen molar-refractivity contribution < 1.29 is 14.0 Å². The van der Waals surface area contributed by atoms with Gasteiger partial charge < -0.3 is 16.4 Å². The Morgan fingerprint density at radius 1 is 1.11 bits per heavy atom. The lowest BCUT2D eigenvalue weighted by Gasteiger charge is -2.10. The number of hydrogen-bond acceptors (Lipinski definition) is 4. The fourth-order valence-electron chi connectivity index (χ4n) is 2.55. The van der Waals surface area contributed by atoms with Gasteiger partial charge in [-0.15, -0.1) is 0 Å². The van der Waals surface area contributed by atoms with Crippen molar-refractivity contribution in [3.8, 4) is 5.69 Å². The molecule has 0 aliphatic heterocycles. The Balaban J connectivity index is 1.87. The van der Waals surface area contributed by atoms with Gasteiger partial charge in [-0.1, -0.05) is 6.07 Å². The molecule has 8 heteroatoms. The highest BCUT2D eigenvalue weighted by Crippen LogP contribution is 2.21. The number of benzene rings is 2. The molecular weight excluding hydrogens is 349 g/mol. The van der Waals surface area contributed by atoms with E-state index in [1.165, 1.54) is 42.2 Å². The zero-order valence-corrected chi connectivity index (χ0v) is 14.8. The quantitative estimate of drug-likeness (QED) is 0.659. The van der Waals surface area contributed by atoms with E-state index in [0.717, 1.165) is 5.56 Å². The first-order valence-corrected chi connectivity index (χ1v) is 8.14. The molecule has 0 fully saturated rings. The summed E-state index contributed by atoms with van der Waals surface area (Å²) in [6, 6.07) is 10.6. The number of rotatable bonds is 4. The van der Waals surface area contributed by atoms with Crippen molar-refractivity contribution in [2.24, 2.45) is 0 Å². The number of hydrogen-bond donors (Lipinski definition) is 3. The Kier molecular flexibility index (Phi) is 4.89. The molecule has 0 saturated carbocycles. The molecule has 0 aliphatic carbocycles. The summed E-state index contributed by atoms with van der Waals surface area (Å²) >= 11 is 0. The molecule has 2 aromatic carbocycles. The third-order valence-corrected chi connectivity index (χ3v) is 4.10. The van der Waals surface area contributed by atoms with Crippen molar-refractivity contribution in [2.45, 2.75) is 6.92 Å². The van der Waals surface area contributed by atoms with Crippen molar-refractivity contribution in [3.63, 3.8) is 0 Å². The van der Waals surface area contributed by atoms with Crippen LogP contribution in [0.15, 0.2) is 48.7 Å². The number of nitrogens with one attached hydrogen (secondary N) is 2. The van der Waals surface area contributed by atoms with Crippen LogP contribution in [0.1, 0.15) is 26.3 Å². The molecule has 138 valence electrons. The highest BCUT2D eigenvalue weighted by molar-refractivity contribution is 6.08. The summed E-state index contributed by atoms with van der Waals surface area (Å²) in [5.41, 5.74) is 8.46. The Morgan fingerprint density at radius 3 is 2.48 bits per heavy atom. The predicted molar refractivity (Wildman–Crippen MR) is 100 cm³/mol. The average Bonchev–Trinajstić information content (AvgIpc) is 3.05. The number of amides is 2. The number of anilines is 2. The number of aromatic nitrogens is 2. The molecule has 3 aromatic rings. The Morgan fingerprint density at radius 2 is 1.81 bits per heavy atom. The summed E-state index contributed by atoms with van der Waals surface area (Å²) in [6.45, 7) is 1.81. The smallest absolute Gasteiger partial charge is 0.261 e. The SMILES string of the molecule is CNC(=O)c1ccc(C)c(NC(=O)c2cnn(-c3ccc(F)cc3)c2N)c1. The molecular formula is C19H18FN5O2. The second-order valence-electron chi connectivity index (χ2n) is 5.89. The molecule has 0 bridgehead atoms. The van der Waals surface area contributed by atoms with Gasteiger partial charge in [-0.05, 0) is 48.9 Å². The van der Waals surface area contributed by atoms with E-state index in [2.05, 4.69) is 15.7 Å². The van der Waals surface area contributed by atoms with Crippen molar-refractivity contribution in [1.29, 1.82) is 0 Å². The summed E-state index contributed by atoms with van der Waals surface area (Å²) in [5.74, 6) is -0.972. The molecule has 0 radical (unpaired) electrons. The lowest BCUT2D eigenvalue weighted by Crippen LogP contribution is -2.19. The van der Waals surface area contributed by atoms with Crippen LogP contribution in [0.4, 0.5) is 15.9 Å². The van der Waals surface area contributed by atoms with Gasteiger partial charge in [0.2, 0.25) is 0 Å². The molecule has 0 unspecified atom stereocenters. The second-order valence-corrected chi connectivity index (χ2v) is 5.89. The first-order chi connectivity index (χ1) is 12.9. The van der Waals surface area contributed by atoms with Crippen LogP contribution in [0, 0.1) is 12.7 Å². The maximum atomic E-state index is 13.1. The summed E-state index contributed by atoms with van der Waals surface area (Å²) in [7, 11) is 1.53. The van der Waals surface area contributed by atoms with Gasteiger partial charge in [-0.2, -0.15) is 5.10 Å². The maximum Gasteiger partial charge on any atom is 0.261 e. The number of carbonyl (C=O) groups excluding carboxylic acids is 2. The van der Waals surface area contributed by atoms with E-state index >= 15 is 0 Å². The van der Waals surface area contributed by atoms with Crippen LogP contribution >= 0.6 is 0 Å². The van der Waals surface area contributed by atoms with E-state index in [1.807, 2.05) is 6.92 Å². The van der Waals surface area contributed by atoms with Gasteiger partial charge in [-0.3, -0.25) is 9.59 Å². The zero-order chi connectivity index (χ0) is 19.6. The lowest BCUT2D eigenvalue weighted by atomic mass is 10.1. The number of nitrogen functional groups attached to an aromatic ring is 1. The molecule has 0 spiro atoms. The van der Waals surface area contributed by atoms with Crippen molar-refractivity contribution >= 4 is 23.3 Å². The molecule has 0 aliphatic rings. The van der Waals surface area contributed by atoms with Gasteiger partial charge in [0.05, 0.1) is 11.9 Å². The highest BCUT2D eigenvalue weighted by Gasteiger charge is 2.17. The molecule has 1 aromatic heterocycles. The third-order valence-electron chi connectivity index (χ3n) is 4.10. The normalized spacial score (nSPS) is 10.5. The fourth-order valence-corrected chi connectivity index (χ4v) is 2.55. The Bertz CT molecular complexity index is 1010. The third kappa shape index (κ3) is 3.64. The van der Waals surface area contributed by atoms with Crippen LogP contribution in [-0.2, 0) is 0 Å². The van der Waals surface area contributed by atoms with Crippen LogP contribution in [0.3, 0.4) is 0 Å². The van der Waals surface area contributed by atoms with Crippen LogP contribution in [0.2, 0.25) is 0 Å². The summed E-state index contributed by atoms with van der Waals surface area (Å²) in [5, 5.41) is 9.39. The highest BCUT2D eigenvalue weighted by atomic mass is 19.1. The molecule has 3 rings (SSSR count). The van der Waals surface area contributed by atoms with E-state index < -0.39 is 5.91 Å². The van der Waals surface area contributed by atoms with Gasteiger partial charge in [-0.25, -0.2) is 9.07 Å². The number of nitrogens with two attached hydrogens (primary N) is 1. The monoisotopic (exact) mass is 367 g/mol. The van der Waals surface area contributed by atoms with Crippen molar-refractivity contribution in [2.75, 3.05) is 18.1 Å². The lowest BCUT2D eigenvalue weighted by molar-refractivity contribution is 0.0961. The first kappa shape index (κ1) is 18.1. The van der Waals surface area contributed by atoms with E-state index in [0.29, 0.717) is 16.9 Å². The van der Waals surface area contributed by atoms with Crippen molar-refractivity contribution in [1.82, 2.24) is 15.1 Å². The largest absolute Gasteiger partial charge is 0.383 e. The van der Waals surface area contributed by atoms with Crippen LogP contribution in [0.5, 0.6) is 0 Å². The Labute approximate surface area is 155 Å². The van der Waals surface area contributed by atoms with E-state index in [1.54, 1.807) is 18.2 Å². The van der Waals surface area contributed by atoms with E-state index in [-0.39, 0.29) is 23.1 Å². The topological polar surface area (TPSA) is 102 Å². The number of nitrogens with zero attached hydrogens (tertiary/aromatic N) is 2. The minimum atomic E-state index is -0.460. The molecule has 0 saturated heterocycles. The molecule has 27 heavy (non-hydrogen) atoms. The van der Waals surface area contributed by atoms with Crippen molar-refractivity contribution in [3.05, 3.63) is 71.2 Å². The summed E-state index contributed by atoms with van der Waals surface area (Å²) < 4.78 is 14.4. The maximum absolute atomic E-state index is 13.1. The van der Waals surface area contributed by atoms with Crippen LogP contribution in [0.25, 0.3) is 5.69 Å². The minimum absolute atomic E-state index is 0.124. The molecule has 4 N–H and O–H groups in total. The number of aryl methyl sites for hydroxylation is 1. The Hall–Kier alpha value is -3.68. The minimum Gasteiger partial charge on any atom is -0.383 e. The summed E-state index contributed by atoms with van der Waals surface area (Å²) in [4.78, 5) is 24.4. The van der Waals surface area contributed by atoms with Gasteiger partial charge in [0.25, 0.3) is 11.8 Å². The van der Waals surface area contributed by atoms with E-state index in [9.17, 15) is 14.0 Å². The van der Waals surface area contributed by atoms with Crippen LogP contribution in [-0.4, -0.2) is 28.6 Å². The van der Waals surface area contributed by atoms with Gasteiger partial charge >= 0.3 is 0 Å². The number of carbonyl (C=O) groups is 2. The van der Waals surface area contributed by atoms with E-state index in [4.69, 9.17) is 5.73 Å². The van der Waals surface area contributed by atoms with Crippen LogP contribution < -0.4 is 16.4 Å². The second kappa shape index (κ2) is 7.28. The molecule has 0 atom stereocenters. The van der Waals surface area contributed by atoms with Gasteiger partial charge in [0, 0.05) is 18.3 Å². The average molecular weight is 367 g/mol. The number of halogens is 1. The summed E-state index contributed by atoms with van der Waals surface area (Å²) in [6.07, 6.45) is 1.34. The first-order valence-electron chi connectivity index (χ1n) is 8.14. The molecule has 1 heterocycles. The fraction of sp³-hybridized carbons (Fsp3) is 0.105. The molecule has 7 nitrogen and oxygen atoms in total. The van der Waals surface area contributed by atoms with Gasteiger partial charge in [0.1, 0.15) is 17.2 Å².